The van der Waals surface area contributed by atoms with Crippen LogP contribution in [0.3, 0.4) is 0 Å². The fourth-order valence-electron chi connectivity index (χ4n) is 1.53. The van der Waals surface area contributed by atoms with Gasteiger partial charge in [-0.2, -0.15) is 0 Å². The molecule has 1 unspecified atom stereocenters. The van der Waals surface area contributed by atoms with Gasteiger partial charge in [-0.3, -0.25) is 4.79 Å². The van der Waals surface area contributed by atoms with Gasteiger partial charge < -0.3 is 4.90 Å². The highest BCUT2D eigenvalue weighted by Crippen LogP contribution is 2.62. The van der Waals surface area contributed by atoms with Crippen molar-refractivity contribution in [2.24, 2.45) is 0 Å². The smallest absolute Gasteiger partial charge is 0.251 e. The van der Waals surface area contributed by atoms with Crippen LogP contribution in [0.2, 0.25) is 0 Å². The summed E-state index contributed by atoms with van der Waals surface area (Å²) in [4.78, 5) is 12.4. The first kappa shape index (κ1) is 12.0. The summed E-state index contributed by atoms with van der Waals surface area (Å²) in [6, 6.07) is 9.22. The van der Waals surface area contributed by atoms with Crippen LogP contribution in [0.15, 0.2) is 30.3 Å². The van der Waals surface area contributed by atoms with E-state index in [0.29, 0.717) is 0 Å². The molecule has 1 amide bonds. The summed E-state index contributed by atoms with van der Waals surface area (Å²) in [6.07, 6.45) is 0.278. The van der Waals surface area contributed by atoms with Crippen LogP contribution >= 0.6 is 34.8 Å². The van der Waals surface area contributed by atoms with Crippen LogP contribution in [0.1, 0.15) is 6.42 Å². The molecule has 0 bridgehead atoms. The third kappa shape index (κ3) is 1.79. The Kier molecular flexibility index (Phi) is 2.85. The standard InChI is InChI=1S/C11H10Cl3NO/c1-15(8-5-3-2-4-6-8)9(16)10(12)7-11(10,13)14/h2-6H,7H2,1H3. The average molecular weight is 279 g/mol. The van der Waals surface area contributed by atoms with E-state index in [1.807, 2.05) is 30.3 Å². The summed E-state index contributed by atoms with van der Waals surface area (Å²) in [6.45, 7) is 0. The lowest BCUT2D eigenvalue weighted by molar-refractivity contribution is -0.118. The topological polar surface area (TPSA) is 20.3 Å². The van der Waals surface area contributed by atoms with Gasteiger partial charge in [0.2, 0.25) is 0 Å². The molecule has 0 radical (unpaired) electrons. The second-order valence-electron chi connectivity index (χ2n) is 3.88. The maximum Gasteiger partial charge on any atom is 0.251 e. The molecule has 0 spiro atoms. The number of carbonyl (C=O) groups excluding carboxylic acids is 1. The molecule has 2 rings (SSSR count). The Hall–Kier alpha value is -0.440. The normalized spacial score (nSPS) is 26.2. The van der Waals surface area contributed by atoms with Crippen molar-refractivity contribution in [2.75, 3.05) is 11.9 Å². The Bertz CT molecular complexity index is 420. The van der Waals surface area contributed by atoms with Crippen LogP contribution in [0.5, 0.6) is 0 Å². The number of amides is 1. The first-order valence-corrected chi connectivity index (χ1v) is 5.92. The zero-order valence-corrected chi connectivity index (χ0v) is 10.9. The highest BCUT2D eigenvalue weighted by Gasteiger charge is 2.71. The van der Waals surface area contributed by atoms with Crippen LogP contribution in [-0.2, 0) is 4.79 Å². The van der Waals surface area contributed by atoms with E-state index in [1.54, 1.807) is 7.05 Å². The largest absolute Gasteiger partial charge is 0.314 e. The van der Waals surface area contributed by atoms with Gasteiger partial charge in [0.1, 0.15) is 4.33 Å². The Morgan fingerprint density at radius 1 is 1.25 bits per heavy atom. The molecule has 0 N–H and O–H groups in total. The van der Waals surface area contributed by atoms with Crippen LogP contribution in [0.4, 0.5) is 5.69 Å². The molecular formula is C11H10Cl3NO. The van der Waals surface area contributed by atoms with Crippen LogP contribution < -0.4 is 4.90 Å². The molecule has 0 aliphatic heterocycles. The summed E-state index contributed by atoms with van der Waals surface area (Å²) in [5, 5.41) is 0. The molecule has 1 saturated carbocycles. The van der Waals surface area contributed by atoms with Gasteiger partial charge in [0.15, 0.2) is 4.87 Å². The van der Waals surface area contributed by atoms with Crippen molar-refractivity contribution in [2.45, 2.75) is 15.6 Å². The number of alkyl halides is 3. The minimum absolute atomic E-state index is 0.273. The highest BCUT2D eigenvalue weighted by molar-refractivity contribution is 6.62. The molecule has 1 aliphatic carbocycles. The van der Waals surface area contributed by atoms with Crippen molar-refractivity contribution >= 4 is 46.4 Å². The van der Waals surface area contributed by atoms with E-state index in [1.165, 1.54) is 4.90 Å². The Labute approximate surface area is 109 Å². The lowest BCUT2D eigenvalue weighted by atomic mass is 10.2. The second-order valence-corrected chi connectivity index (χ2v) is 6.01. The minimum Gasteiger partial charge on any atom is -0.314 e. The number of hydrogen-bond acceptors (Lipinski definition) is 1. The summed E-state index contributed by atoms with van der Waals surface area (Å²) in [5.74, 6) is -0.273. The molecule has 16 heavy (non-hydrogen) atoms. The van der Waals surface area contributed by atoms with Gasteiger partial charge in [0.25, 0.3) is 5.91 Å². The summed E-state index contributed by atoms with van der Waals surface area (Å²) in [7, 11) is 1.66. The predicted molar refractivity (Wildman–Crippen MR) is 67.5 cm³/mol. The molecule has 0 saturated heterocycles. The molecule has 0 heterocycles. The lowest BCUT2D eigenvalue weighted by Crippen LogP contribution is -2.37. The average Bonchev–Trinajstić information content (AvgIpc) is 2.79. The molecule has 1 fully saturated rings. The summed E-state index contributed by atoms with van der Waals surface area (Å²) < 4.78 is -1.14. The van der Waals surface area contributed by atoms with E-state index in [4.69, 9.17) is 34.8 Å². The molecule has 1 aromatic rings. The van der Waals surface area contributed by atoms with E-state index in [2.05, 4.69) is 0 Å². The van der Waals surface area contributed by atoms with E-state index in [-0.39, 0.29) is 12.3 Å². The fourth-order valence-corrected chi connectivity index (χ4v) is 2.56. The van der Waals surface area contributed by atoms with Crippen LogP contribution in [0, 0.1) is 0 Å². The van der Waals surface area contributed by atoms with Gasteiger partial charge in [0, 0.05) is 19.2 Å². The van der Waals surface area contributed by atoms with Crippen LogP contribution in [-0.4, -0.2) is 22.2 Å². The van der Waals surface area contributed by atoms with Gasteiger partial charge in [-0.1, -0.05) is 41.4 Å². The molecule has 1 aromatic carbocycles. The monoisotopic (exact) mass is 277 g/mol. The minimum atomic E-state index is -1.18. The molecule has 5 heteroatoms. The van der Waals surface area contributed by atoms with Gasteiger partial charge >= 0.3 is 0 Å². The first-order valence-electron chi connectivity index (χ1n) is 4.78. The van der Waals surface area contributed by atoms with Crippen molar-refractivity contribution < 1.29 is 4.79 Å². The molecular weight excluding hydrogens is 268 g/mol. The second kappa shape index (κ2) is 3.80. The van der Waals surface area contributed by atoms with E-state index < -0.39 is 9.21 Å². The summed E-state index contributed by atoms with van der Waals surface area (Å²) in [5.41, 5.74) is 0.767. The number of benzene rings is 1. The maximum absolute atomic E-state index is 12.1. The number of nitrogens with zero attached hydrogens (tertiary/aromatic N) is 1. The van der Waals surface area contributed by atoms with Gasteiger partial charge in [-0.15, -0.1) is 11.6 Å². The Morgan fingerprint density at radius 2 is 1.75 bits per heavy atom. The van der Waals surface area contributed by atoms with Crippen molar-refractivity contribution in [1.29, 1.82) is 0 Å². The fraction of sp³-hybridized carbons (Fsp3) is 0.364. The molecule has 86 valence electrons. The molecule has 2 nitrogen and oxygen atoms in total. The predicted octanol–water partition coefficient (Wildman–Crippen LogP) is 3.20. The lowest BCUT2D eigenvalue weighted by Gasteiger charge is -2.20. The zero-order chi connectivity index (χ0) is 12.0. The van der Waals surface area contributed by atoms with Crippen molar-refractivity contribution in [3.63, 3.8) is 0 Å². The number of halogens is 3. The quantitative estimate of drug-likeness (QED) is 0.761. The van der Waals surface area contributed by atoms with E-state index in [9.17, 15) is 4.79 Å². The zero-order valence-electron chi connectivity index (χ0n) is 8.58. The third-order valence-corrected chi connectivity index (χ3v) is 4.43. The highest BCUT2D eigenvalue weighted by atomic mass is 35.5. The maximum atomic E-state index is 12.1. The van der Waals surface area contributed by atoms with Gasteiger partial charge in [-0.25, -0.2) is 0 Å². The van der Waals surface area contributed by atoms with Crippen molar-refractivity contribution in [3.05, 3.63) is 30.3 Å². The van der Waals surface area contributed by atoms with E-state index >= 15 is 0 Å². The molecule has 1 atom stereocenters. The number of rotatable bonds is 2. The number of carbonyl (C=O) groups is 1. The Morgan fingerprint density at radius 3 is 2.19 bits per heavy atom. The van der Waals surface area contributed by atoms with Crippen molar-refractivity contribution in [3.8, 4) is 0 Å². The molecule has 1 aliphatic rings. The van der Waals surface area contributed by atoms with Crippen molar-refractivity contribution in [1.82, 2.24) is 0 Å². The van der Waals surface area contributed by atoms with E-state index in [0.717, 1.165) is 5.69 Å². The number of para-hydroxylation sites is 1. The first-order chi connectivity index (χ1) is 7.38. The Balaban J connectivity index is 2.19. The SMILES string of the molecule is CN(C(=O)C1(Cl)CC1(Cl)Cl)c1ccccc1. The summed E-state index contributed by atoms with van der Waals surface area (Å²) >= 11 is 17.8. The number of hydrogen-bond donors (Lipinski definition) is 0. The molecule has 0 aromatic heterocycles. The number of anilines is 1. The third-order valence-electron chi connectivity index (χ3n) is 2.71. The van der Waals surface area contributed by atoms with Gasteiger partial charge in [0.05, 0.1) is 0 Å². The van der Waals surface area contributed by atoms with Crippen LogP contribution in [0.25, 0.3) is 0 Å². The van der Waals surface area contributed by atoms with Gasteiger partial charge in [-0.05, 0) is 12.1 Å².